The van der Waals surface area contributed by atoms with Gasteiger partial charge in [0.15, 0.2) is 23.9 Å². The van der Waals surface area contributed by atoms with Crippen molar-refractivity contribution in [2.45, 2.75) is 19.4 Å². The lowest BCUT2D eigenvalue weighted by atomic mass is 10.1. The fourth-order valence-corrected chi connectivity index (χ4v) is 4.60. The largest absolute Gasteiger partial charge is 0.485 e. The number of rotatable bonds is 6. The van der Waals surface area contributed by atoms with Gasteiger partial charge in [-0.2, -0.15) is 0 Å². The first-order chi connectivity index (χ1) is 14.4. The molecule has 2 aromatic carbocycles. The zero-order valence-electron chi connectivity index (χ0n) is 16.4. The third kappa shape index (κ3) is 3.85. The molecule has 0 aromatic heterocycles. The predicted octanol–water partition coefficient (Wildman–Crippen LogP) is 1.96. The van der Waals surface area contributed by atoms with Crippen molar-refractivity contribution in [2.24, 2.45) is 0 Å². The van der Waals surface area contributed by atoms with E-state index in [1.54, 1.807) is 49.4 Å². The molecule has 8 nitrogen and oxygen atoms in total. The normalized spacial score (nSPS) is 17.4. The number of anilines is 1. The highest BCUT2D eigenvalue weighted by Crippen LogP contribution is 2.32. The lowest BCUT2D eigenvalue weighted by molar-refractivity contribution is -0.153. The molecule has 158 valence electrons. The van der Waals surface area contributed by atoms with Crippen LogP contribution in [0, 0.1) is 0 Å². The molecule has 1 atom stereocenters. The van der Waals surface area contributed by atoms with Crippen LogP contribution in [0.4, 0.5) is 5.69 Å². The number of sulfonamides is 1. The fourth-order valence-electron chi connectivity index (χ4n) is 3.44. The predicted molar refractivity (Wildman–Crippen MR) is 109 cm³/mol. The van der Waals surface area contributed by atoms with E-state index in [2.05, 4.69) is 0 Å². The quantitative estimate of drug-likeness (QED) is 0.509. The lowest BCUT2D eigenvalue weighted by Crippen LogP contribution is -2.38. The van der Waals surface area contributed by atoms with Crippen molar-refractivity contribution in [3.8, 4) is 11.5 Å². The summed E-state index contributed by atoms with van der Waals surface area (Å²) in [5.41, 5.74) is 1.74. The summed E-state index contributed by atoms with van der Waals surface area (Å²) in [4.78, 5) is 24.7. The molecule has 2 aromatic rings. The van der Waals surface area contributed by atoms with Crippen molar-refractivity contribution in [3.05, 3.63) is 53.6 Å². The zero-order chi connectivity index (χ0) is 21.3. The number of hydrogen-bond acceptors (Lipinski definition) is 7. The Bertz CT molecular complexity index is 1100. The molecule has 9 heteroatoms. The Balaban J connectivity index is 1.38. The van der Waals surface area contributed by atoms with Gasteiger partial charge in [-0.05, 0) is 49.2 Å². The van der Waals surface area contributed by atoms with Crippen LogP contribution in [0.15, 0.2) is 42.5 Å². The van der Waals surface area contributed by atoms with Gasteiger partial charge >= 0.3 is 5.97 Å². The van der Waals surface area contributed by atoms with Gasteiger partial charge in [0.05, 0.1) is 11.4 Å². The Labute approximate surface area is 174 Å². The van der Waals surface area contributed by atoms with Gasteiger partial charge in [0.25, 0.3) is 0 Å². The van der Waals surface area contributed by atoms with E-state index in [9.17, 15) is 18.0 Å². The van der Waals surface area contributed by atoms with Gasteiger partial charge in [-0.1, -0.05) is 12.1 Å². The van der Waals surface area contributed by atoms with Crippen LogP contribution >= 0.6 is 0 Å². The van der Waals surface area contributed by atoms with Crippen LogP contribution in [-0.2, 0) is 26.0 Å². The van der Waals surface area contributed by atoms with Gasteiger partial charge in [0, 0.05) is 12.1 Å². The summed E-state index contributed by atoms with van der Waals surface area (Å²) in [6.07, 6.45) is -0.414. The second-order valence-corrected chi connectivity index (χ2v) is 9.14. The van der Waals surface area contributed by atoms with Crippen LogP contribution in [0.25, 0.3) is 0 Å². The second kappa shape index (κ2) is 7.98. The molecule has 4 rings (SSSR count). The van der Waals surface area contributed by atoms with Crippen molar-refractivity contribution in [3.63, 3.8) is 0 Å². The average Bonchev–Trinajstić information content (AvgIpc) is 3.21. The lowest BCUT2D eigenvalue weighted by Gasteiger charge is -2.24. The van der Waals surface area contributed by atoms with E-state index in [4.69, 9.17) is 14.2 Å². The van der Waals surface area contributed by atoms with Crippen molar-refractivity contribution in [1.82, 2.24) is 0 Å². The molecule has 0 amide bonds. The summed E-state index contributed by atoms with van der Waals surface area (Å²) in [5.74, 6) is -0.0445. The molecule has 0 radical (unpaired) electrons. The molecule has 30 heavy (non-hydrogen) atoms. The van der Waals surface area contributed by atoms with Crippen LogP contribution in [0.2, 0.25) is 0 Å². The molecule has 0 saturated carbocycles. The van der Waals surface area contributed by atoms with E-state index in [0.29, 0.717) is 35.7 Å². The summed E-state index contributed by atoms with van der Waals surface area (Å²) < 4.78 is 41.9. The molecule has 0 spiro atoms. The van der Waals surface area contributed by atoms with Crippen LogP contribution in [0.1, 0.15) is 22.8 Å². The second-order valence-electron chi connectivity index (χ2n) is 6.96. The molecule has 2 aliphatic rings. The number of fused-ring (bicyclic) bond motifs is 2. The Morgan fingerprint density at radius 3 is 2.70 bits per heavy atom. The summed E-state index contributed by atoms with van der Waals surface area (Å²) in [6, 6.07) is 11.8. The number of Topliss-reactive ketones (excluding diaryl/α,β-unsaturated/α-hetero) is 1. The van der Waals surface area contributed by atoms with Gasteiger partial charge in [0.2, 0.25) is 16.1 Å². The van der Waals surface area contributed by atoms with Crippen LogP contribution in [-0.4, -0.2) is 51.8 Å². The minimum Gasteiger partial charge on any atom is -0.485 e. The van der Waals surface area contributed by atoms with E-state index in [1.807, 2.05) is 0 Å². The van der Waals surface area contributed by atoms with E-state index in [0.717, 1.165) is 5.56 Å². The third-order valence-electron chi connectivity index (χ3n) is 5.07. The first-order valence-corrected chi connectivity index (χ1v) is 11.2. The van der Waals surface area contributed by atoms with Crippen LogP contribution in [0.3, 0.4) is 0 Å². The van der Waals surface area contributed by atoms with Crippen LogP contribution in [0.5, 0.6) is 11.5 Å². The Morgan fingerprint density at radius 2 is 1.93 bits per heavy atom. The molecule has 1 unspecified atom stereocenters. The molecule has 0 aliphatic carbocycles. The number of carbonyl (C=O) groups excluding carboxylic acids is 2. The SMILES string of the molecule is CCS(=O)(=O)N1CCc2cc(C(=O)COC(=O)C3COc4ccccc4O3)ccc21. The number of nitrogens with zero attached hydrogens (tertiary/aromatic N) is 1. The summed E-state index contributed by atoms with van der Waals surface area (Å²) in [5, 5.41) is 0. The molecule has 2 aliphatic heterocycles. The van der Waals surface area contributed by atoms with Crippen molar-refractivity contribution in [2.75, 3.05) is 29.8 Å². The number of para-hydroxylation sites is 2. The average molecular weight is 431 g/mol. The highest BCUT2D eigenvalue weighted by molar-refractivity contribution is 7.92. The van der Waals surface area contributed by atoms with Gasteiger partial charge in [-0.3, -0.25) is 9.10 Å². The Kier molecular flexibility index (Phi) is 5.38. The number of benzene rings is 2. The van der Waals surface area contributed by atoms with Gasteiger partial charge in [-0.25, -0.2) is 13.2 Å². The minimum absolute atomic E-state index is 0.00458. The fraction of sp³-hybridized carbons (Fsp3) is 0.333. The summed E-state index contributed by atoms with van der Waals surface area (Å²) in [7, 11) is -3.35. The van der Waals surface area contributed by atoms with E-state index in [-0.39, 0.29) is 18.1 Å². The van der Waals surface area contributed by atoms with E-state index in [1.165, 1.54) is 4.31 Å². The highest BCUT2D eigenvalue weighted by atomic mass is 32.2. The smallest absolute Gasteiger partial charge is 0.351 e. The molecule has 0 fully saturated rings. The number of carbonyl (C=O) groups is 2. The first kappa shape index (κ1) is 20.2. The van der Waals surface area contributed by atoms with E-state index >= 15 is 0 Å². The molecular weight excluding hydrogens is 410 g/mol. The van der Waals surface area contributed by atoms with Gasteiger partial charge < -0.3 is 14.2 Å². The molecule has 0 bridgehead atoms. The first-order valence-electron chi connectivity index (χ1n) is 9.60. The van der Waals surface area contributed by atoms with Gasteiger partial charge in [-0.15, -0.1) is 0 Å². The summed E-state index contributed by atoms with van der Waals surface area (Å²) in [6.45, 7) is 1.53. The number of hydrogen-bond donors (Lipinski definition) is 0. The monoisotopic (exact) mass is 431 g/mol. The summed E-state index contributed by atoms with van der Waals surface area (Å²) >= 11 is 0. The zero-order valence-corrected chi connectivity index (χ0v) is 17.2. The minimum atomic E-state index is -3.35. The maximum atomic E-state index is 12.5. The maximum absolute atomic E-state index is 12.5. The number of esters is 1. The van der Waals surface area contributed by atoms with Crippen LogP contribution < -0.4 is 13.8 Å². The third-order valence-corrected chi connectivity index (χ3v) is 6.85. The van der Waals surface area contributed by atoms with Crippen molar-refractivity contribution in [1.29, 1.82) is 0 Å². The Hall–Kier alpha value is -3.07. The topological polar surface area (TPSA) is 99.2 Å². The molecule has 0 saturated heterocycles. The van der Waals surface area contributed by atoms with Crippen molar-refractivity contribution >= 4 is 27.5 Å². The number of ether oxygens (including phenoxy) is 3. The molecular formula is C21H21NO7S. The standard InChI is InChI=1S/C21H21NO7S/c1-2-30(25,26)22-10-9-14-11-15(7-8-16(14)22)17(23)12-28-21(24)20-13-27-18-5-3-4-6-19(18)29-20/h3-8,11,20H,2,9-10,12-13H2,1H3. The number of ketones is 1. The Morgan fingerprint density at radius 1 is 1.17 bits per heavy atom. The van der Waals surface area contributed by atoms with E-state index < -0.39 is 28.7 Å². The van der Waals surface area contributed by atoms with Crippen molar-refractivity contribution < 1.29 is 32.2 Å². The maximum Gasteiger partial charge on any atom is 0.351 e. The highest BCUT2D eigenvalue weighted by Gasteiger charge is 2.30. The van der Waals surface area contributed by atoms with Gasteiger partial charge in [0.1, 0.15) is 6.61 Å². The molecule has 0 N–H and O–H groups in total. The molecule has 2 heterocycles.